The summed E-state index contributed by atoms with van der Waals surface area (Å²) in [6.07, 6.45) is -2.69. The van der Waals surface area contributed by atoms with Crippen LogP contribution in [-0.4, -0.2) is 77.5 Å². The monoisotopic (exact) mass is 628 g/mol. The van der Waals surface area contributed by atoms with Gasteiger partial charge in [-0.1, -0.05) is 5.21 Å². The molecule has 1 aliphatic rings. The smallest absolute Gasteiger partial charge is 0.338 e. The highest BCUT2D eigenvalue weighted by atomic mass is 19.1. The van der Waals surface area contributed by atoms with Gasteiger partial charge in [0.05, 0.1) is 43.7 Å². The zero-order valence-electron chi connectivity index (χ0n) is 23.4. The lowest BCUT2D eigenvalue weighted by atomic mass is 9.90. The third kappa shape index (κ3) is 6.77. The van der Waals surface area contributed by atoms with Crippen molar-refractivity contribution in [1.29, 1.82) is 0 Å². The number of fused-ring (bicyclic) bond motifs is 1. The van der Waals surface area contributed by atoms with Crippen LogP contribution in [0.1, 0.15) is 39.4 Å². The number of rotatable bonds is 11. The molecule has 0 spiro atoms. The van der Waals surface area contributed by atoms with Crippen LogP contribution in [0.2, 0.25) is 0 Å². The van der Waals surface area contributed by atoms with E-state index in [4.69, 9.17) is 24.7 Å². The first-order valence-electron chi connectivity index (χ1n) is 13.5. The predicted octanol–water partition coefficient (Wildman–Crippen LogP) is 2.24. The number of halogens is 1. The molecule has 0 saturated heterocycles. The van der Waals surface area contributed by atoms with E-state index in [2.05, 4.69) is 10.3 Å². The van der Waals surface area contributed by atoms with Crippen molar-refractivity contribution in [3.05, 3.63) is 76.9 Å². The van der Waals surface area contributed by atoms with E-state index in [1.165, 1.54) is 10.7 Å². The Morgan fingerprint density at radius 1 is 0.978 bits per heavy atom. The van der Waals surface area contributed by atoms with Crippen molar-refractivity contribution in [1.82, 2.24) is 15.0 Å². The number of hydrogen-bond acceptors (Lipinski definition) is 14. The number of esters is 1. The largest absolute Gasteiger partial charge is 0.508 e. The Morgan fingerprint density at radius 2 is 1.73 bits per heavy atom. The van der Waals surface area contributed by atoms with Crippen molar-refractivity contribution in [2.24, 2.45) is 5.73 Å². The number of carbonyl (C=O) groups is 1. The van der Waals surface area contributed by atoms with Crippen molar-refractivity contribution in [2.75, 3.05) is 19.8 Å². The Kier molecular flexibility index (Phi) is 9.08. The van der Waals surface area contributed by atoms with Crippen LogP contribution in [0.15, 0.2) is 48.7 Å². The Balaban J connectivity index is 1.53. The summed E-state index contributed by atoms with van der Waals surface area (Å²) in [4.78, 5) is 13.3. The van der Waals surface area contributed by atoms with Gasteiger partial charge in [-0.05, 0) is 30.3 Å². The molecule has 0 radical (unpaired) electrons. The third-order valence-electron chi connectivity index (χ3n) is 6.81. The van der Waals surface area contributed by atoms with Gasteiger partial charge in [0.25, 0.3) is 0 Å². The fourth-order valence-corrected chi connectivity index (χ4v) is 4.72. The molecular weight excluding hydrogens is 599 g/mol. The summed E-state index contributed by atoms with van der Waals surface area (Å²) < 4.78 is 38.9. The molecule has 3 unspecified atom stereocenters. The molecule has 4 aromatic rings. The summed E-state index contributed by atoms with van der Waals surface area (Å²) in [5.74, 6) is -6.10. The van der Waals surface area contributed by atoms with Gasteiger partial charge in [0.2, 0.25) is 0 Å². The van der Waals surface area contributed by atoms with E-state index in [9.17, 15) is 39.8 Å². The average molecular weight is 629 g/mol. The molecule has 0 aliphatic carbocycles. The molecule has 1 aliphatic heterocycles. The summed E-state index contributed by atoms with van der Waals surface area (Å²) in [6.45, 7) is 1.20. The molecule has 5 rings (SSSR count). The fraction of sp³-hybridized carbons (Fsp3) is 0.276. The number of nitrogens with zero attached hydrogens (tertiary/aromatic N) is 3. The average Bonchev–Trinajstić information content (AvgIpc) is 3.45. The van der Waals surface area contributed by atoms with Gasteiger partial charge in [0, 0.05) is 24.2 Å². The van der Waals surface area contributed by atoms with Crippen LogP contribution in [0, 0.1) is 5.82 Å². The lowest BCUT2D eigenvalue weighted by molar-refractivity contribution is -0.116. The van der Waals surface area contributed by atoms with Crippen LogP contribution in [0.4, 0.5) is 4.39 Å². The lowest BCUT2D eigenvalue weighted by Gasteiger charge is -2.39. The first-order chi connectivity index (χ1) is 21.5. The van der Waals surface area contributed by atoms with Gasteiger partial charge in [-0.15, -0.1) is 5.10 Å². The first-order valence-corrected chi connectivity index (χ1v) is 13.5. The Bertz CT molecular complexity index is 1680. The van der Waals surface area contributed by atoms with Gasteiger partial charge in [0.1, 0.15) is 29.0 Å². The van der Waals surface area contributed by atoms with E-state index >= 15 is 0 Å². The lowest BCUT2D eigenvalue weighted by Crippen LogP contribution is -2.39. The van der Waals surface area contributed by atoms with Gasteiger partial charge < -0.3 is 55.3 Å². The second-order valence-corrected chi connectivity index (χ2v) is 9.96. The molecule has 3 atom stereocenters. The third-order valence-corrected chi connectivity index (χ3v) is 6.81. The summed E-state index contributed by atoms with van der Waals surface area (Å²) in [5.41, 5.74) is 5.42. The minimum absolute atomic E-state index is 0.0111. The zero-order valence-corrected chi connectivity index (χ0v) is 23.4. The number of ether oxygens (including phenoxy) is 4. The normalized spacial score (nSPS) is 17.4. The SMILES string of the molecule is NCCOCCn1cc(COC2c3c(O)cc(O)cc3OC(c3cc(O)c(O)c(O)c3)C2OC(=O)c2ccc(O)c(F)c2)nn1. The number of phenolic OH excluding ortho intramolecular Hbond substituents is 6. The van der Waals surface area contributed by atoms with Crippen LogP contribution < -0.4 is 10.5 Å². The van der Waals surface area contributed by atoms with Crippen molar-refractivity contribution in [2.45, 2.75) is 31.5 Å². The summed E-state index contributed by atoms with van der Waals surface area (Å²) in [7, 11) is 0. The summed E-state index contributed by atoms with van der Waals surface area (Å²) >= 11 is 0. The fourth-order valence-electron chi connectivity index (χ4n) is 4.72. The van der Waals surface area contributed by atoms with Crippen molar-refractivity contribution < 1.29 is 58.8 Å². The maximum absolute atomic E-state index is 14.1. The quantitative estimate of drug-likeness (QED) is 0.0717. The van der Waals surface area contributed by atoms with Crippen molar-refractivity contribution in [3.63, 3.8) is 0 Å². The van der Waals surface area contributed by atoms with Crippen LogP contribution in [0.3, 0.4) is 0 Å². The molecule has 3 aromatic carbocycles. The molecule has 0 amide bonds. The number of aromatic nitrogens is 3. The van der Waals surface area contributed by atoms with Crippen molar-refractivity contribution >= 4 is 5.97 Å². The van der Waals surface area contributed by atoms with Crippen LogP contribution in [-0.2, 0) is 27.4 Å². The van der Waals surface area contributed by atoms with Gasteiger partial charge in [-0.25, -0.2) is 13.9 Å². The van der Waals surface area contributed by atoms with Gasteiger partial charge >= 0.3 is 5.97 Å². The van der Waals surface area contributed by atoms with E-state index in [1.54, 1.807) is 6.20 Å². The number of nitrogens with two attached hydrogens (primary N) is 1. The van der Waals surface area contributed by atoms with Gasteiger partial charge in [0.15, 0.2) is 41.0 Å². The Morgan fingerprint density at radius 3 is 2.44 bits per heavy atom. The van der Waals surface area contributed by atoms with E-state index in [-0.39, 0.29) is 34.8 Å². The second kappa shape index (κ2) is 13.1. The zero-order chi connectivity index (χ0) is 32.2. The van der Waals surface area contributed by atoms with Crippen LogP contribution in [0.25, 0.3) is 0 Å². The van der Waals surface area contributed by atoms with Crippen LogP contribution in [0.5, 0.6) is 40.2 Å². The molecule has 238 valence electrons. The number of hydrogen-bond donors (Lipinski definition) is 7. The number of benzene rings is 3. The highest BCUT2D eigenvalue weighted by Gasteiger charge is 2.45. The first kappa shape index (κ1) is 31.1. The Labute approximate surface area is 254 Å². The van der Waals surface area contributed by atoms with Crippen molar-refractivity contribution in [3.8, 4) is 40.2 Å². The molecule has 8 N–H and O–H groups in total. The maximum atomic E-state index is 14.1. The van der Waals surface area contributed by atoms with Gasteiger partial charge in [-0.3, -0.25) is 0 Å². The van der Waals surface area contributed by atoms with E-state index in [1.807, 2.05) is 0 Å². The molecule has 45 heavy (non-hydrogen) atoms. The standard InChI is InChI=1S/C29H29FN4O11/c30-18-7-14(1-2-19(18)36)29(41)45-28-26(15-8-21(38)25(40)22(39)9-15)44-23-11-17(35)10-20(37)24(23)27(28)43-13-16-12-34(33-32-16)4-6-42-5-3-31/h1-2,7-12,26-28,35-40H,3-6,13,31H2. The topological polar surface area (TPSA) is 232 Å². The molecule has 0 saturated carbocycles. The molecule has 16 heteroatoms. The number of aromatic hydroxyl groups is 6. The molecule has 2 heterocycles. The highest BCUT2D eigenvalue weighted by molar-refractivity contribution is 5.89. The molecule has 0 fully saturated rings. The minimum atomic E-state index is -1.51. The summed E-state index contributed by atoms with van der Waals surface area (Å²) in [6, 6.07) is 7.11. The molecule has 15 nitrogen and oxygen atoms in total. The van der Waals surface area contributed by atoms with Gasteiger partial charge in [-0.2, -0.15) is 0 Å². The summed E-state index contributed by atoms with van der Waals surface area (Å²) in [5, 5.41) is 69.0. The number of carbonyl (C=O) groups excluding carboxylic acids is 1. The number of phenols is 6. The second-order valence-electron chi connectivity index (χ2n) is 9.96. The molecular formula is C29H29FN4O11. The highest BCUT2D eigenvalue weighted by Crippen LogP contribution is 2.51. The van der Waals surface area contributed by atoms with Crippen LogP contribution >= 0.6 is 0 Å². The minimum Gasteiger partial charge on any atom is -0.508 e. The molecule has 0 bridgehead atoms. The maximum Gasteiger partial charge on any atom is 0.338 e. The predicted molar refractivity (Wildman–Crippen MR) is 149 cm³/mol. The van der Waals surface area contributed by atoms with E-state index < -0.39 is 58.8 Å². The Hall–Kier alpha value is -5.32. The van der Waals surface area contributed by atoms with E-state index in [0.29, 0.717) is 32.0 Å². The molecule has 1 aromatic heterocycles. The van der Waals surface area contributed by atoms with E-state index in [0.717, 1.165) is 36.4 Å².